The van der Waals surface area contributed by atoms with Crippen molar-refractivity contribution < 1.29 is 9.53 Å². The highest BCUT2D eigenvalue weighted by Gasteiger charge is 2.44. The summed E-state index contributed by atoms with van der Waals surface area (Å²) in [5, 5.41) is 5.29. The summed E-state index contributed by atoms with van der Waals surface area (Å²) >= 11 is 3.63. The van der Waals surface area contributed by atoms with Gasteiger partial charge in [-0.1, -0.05) is 18.9 Å². The zero-order chi connectivity index (χ0) is 14.8. The Morgan fingerprint density at radius 2 is 2.19 bits per heavy atom. The fraction of sp³-hybridized carbons (Fsp3) is 0.688. The lowest BCUT2D eigenvalue weighted by molar-refractivity contribution is -0.127. The van der Waals surface area contributed by atoms with Crippen LogP contribution in [0.5, 0.6) is 0 Å². The molecule has 1 atom stereocenters. The predicted octanol–water partition coefficient (Wildman–Crippen LogP) is 3.20. The number of nitrogens with one attached hydrogen (secondary N) is 1. The van der Waals surface area contributed by atoms with E-state index in [1.165, 1.54) is 4.88 Å². The summed E-state index contributed by atoms with van der Waals surface area (Å²) in [5.74, 6) is 2.31. The summed E-state index contributed by atoms with van der Waals surface area (Å²) in [6, 6.07) is 4.17. The van der Waals surface area contributed by atoms with Gasteiger partial charge in [-0.3, -0.25) is 4.79 Å². The SMILES string of the molecule is COC1(CNC(=O)C2(c3cccs3)CCCC2)CCSC1. The Kier molecular flexibility index (Phi) is 4.62. The molecule has 2 aliphatic rings. The fourth-order valence-corrected chi connectivity index (χ4v) is 5.87. The van der Waals surface area contributed by atoms with Crippen LogP contribution in [0.3, 0.4) is 0 Å². The number of ether oxygens (including phenoxy) is 1. The number of carbonyl (C=O) groups excluding carboxylic acids is 1. The Labute approximate surface area is 134 Å². The average Bonchev–Trinajstić information content (AvgIpc) is 3.25. The molecule has 0 spiro atoms. The van der Waals surface area contributed by atoms with E-state index < -0.39 is 0 Å². The molecule has 1 aromatic rings. The maximum absolute atomic E-state index is 12.9. The second-order valence-corrected chi connectivity index (χ2v) is 8.19. The summed E-state index contributed by atoms with van der Waals surface area (Å²) in [6.45, 7) is 0.641. The number of amides is 1. The molecule has 0 aromatic carbocycles. The van der Waals surface area contributed by atoms with Gasteiger partial charge in [-0.2, -0.15) is 11.8 Å². The van der Waals surface area contributed by atoms with Crippen LogP contribution in [0, 0.1) is 0 Å². The summed E-state index contributed by atoms with van der Waals surface area (Å²) in [4.78, 5) is 14.1. The van der Waals surface area contributed by atoms with Gasteiger partial charge in [0, 0.05) is 24.3 Å². The van der Waals surface area contributed by atoms with Crippen LogP contribution >= 0.6 is 23.1 Å². The van der Waals surface area contributed by atoms with Crippen molar-refractivity contribution in [2.24, 2.45) is 0 Å². The number of thiophene rings is 1. The van der Waals surface area contributed by atoms with Gasteiger partial charge >= 0.3 is 0 Å². The minimum Gasteiger partial charge on any atom is -0.376 e. The molecule has 0 bridgehead atoms. The standard InChI is InChI=1S/C16H23NO2S2/c1-19-15(8-10-20-12-15)11-17-14(18)16(6-2-3-7-16)13-5-4-9-21-13/h4-5,9H,2-3,6-8,10-12H2,1H3,(H,17,18). The third kappa shape index (κ3) is 2.88. The first-order chi connectivity index (χ1) is 10.2. The molecule has 5 heteroatoms. The number of thioether (sulfide) groups is 1. The van der Waals surface area contributed by atoms with Crippen molar-refractivity contribution in [3.05, 3.63) is 22.4 Å². The van der Waals surface area contributed by atoms with Crippen molar-refractivity contribution in [3.8, 4) is 0 Å². The van der Waals surface area contributed by atoms with Crippen LogP contribution in [-0.2, 0) is 14.9 Å². The lowest BCUT2D eigenvalue weighted by Crippen LogP contribution is -2.50. The van der Waals surface area contributed by atoms with Crippen molar-refractivity contribution in [1.29, 1.82) is 0 Å². The number of methoxy groups -OCH3 is 1. The van der Waals surface area contributed by atoms with Crippen molar-refractivity contribution in [1.82, 2.24) is 5.32 Å². The van der Waals surface area contributed by atoms with E-state index in [1.807, 2.05) is 11.8 Å². The van der Waals surface area contributed by atoms with Crippen LogP contribution in [0.15, 0.2) is 17.5 Å². The number of hydrogen-bond donors (Lipinski definition) is 1. The van der Waals surface area contributed by atoms with Gasteiger partial charge in [-0.25, -0.2) is 0 Å². The quantitative estimate of drug-likeness (QED) is 0.903. The Hall–Kier alpha value is -0.520. The van der Waals surface area contributed by atoms with E-state index in [1.54, 1.807) is 18.4 Å². The van der Waals surface area contributed by atoms with Crippen LogP contribution < -0.4 is 5.32 Å². The third-order valence-electron chi connectivity index (χ3n) is 4.96. The fourth-order valence-electron chi connectivity index (χ4n) is 3.49. The van der Waals surface area contributed by atoms with Gasteiger partial charge in [0.05, 0.1) is 11.0 Å². The smallest absolute Gasteiger partial charge is 0.231 e. The summed E-state index contributed by atoms with van der Waals surface area (Å²) in [7, 11) is 1.77. The zero-order valence-electron chi connectivity index (χ0n) is 12.5. The molecule has 1 N–H and O–H groups in total. The Morgan fingerprint density at radius 1 is 1.38 bits per heavy atom. The first kappa shape index (κ1) is 15.4. The maximum atomic E-state index is 12.9. The molecule has 2 fully saturated rings. The topological polar surface area (TPSA) is 38.3 Å². The molecule has 1 saturated carbocycles. The number of hydrogen-bond acceptors (Lipinski definition) is 4. The second-order valence-electron chi connectivity index (χ2n) is 6.14. The van der Waals surface area contributed by atoms with Gasteiger partial charge in [0.1, 0.15) is 0 Å². The second kappa shape index (κ2) is 6.31. The Bertz CT molecular complexity index is 474. The molecule has 21 heavy (non-hydrogen) atoms. The Balaban J connectivity index is 1.71. The van der Waals surface area contributed by atoms with Gasteiger partial charge in [0.25, 0.3) is 0 Å². The molecule has 3 rings (SSSR count). The molecular weight excluding hydrogens is 302 g/mol. The van der Waals surface area contributed by atoms with Gasteiger partial charge in [-0.05, 0) is 36.5 Å². The zero-order valence-corrected chi connectivity index (χ0v) is 14.2. The van der Waals surface area contributed by atoms with E-state index in [-0.39, 0.29) is 16.9 Å². The van der Waals surface area contributed by atoms with Crippen LogP contribution in [0.4, 0.5) is 0 Å². The Morgan fingerprint density at radius 3 is 2.76 bits per heavy atom. The van der Waals surface area contributed by atoms with Crippen molar-refractivity contribution in [2.45, 2.75) is 43.1 Å². The number of rotatable bonds is 5. The maximum Gasteiger partial charge on any atom is 0.231 e. The minimum absolute atomic E-state index is 0.157. The van der Waals surface area contributed by atoms with Gasteiger partial charge in [0.15, 0.2) is 0 Å². The highest BCUT2D eigenvalue weighted by molar-refractivity contribution is 7.99. The van der Waals surface area contributed by atoms with Crippen molar-refractivity contribution >= 4 is 29.0 Å². The molecule has 1 amide bonds. The van der Waals surface area contributed by atoms with Crippen molar-refractivity contribution in [3.63, 3.8) is 0 Å². The minimum atomic E-state index is -0.283. The van der Waals surface area contributed by atoms with E-state index in [2.05, 4.69) is 22.8 Å². The predicted molar refractivity (Wildman–Crippen MR) is 89.2 cm³/mol. The molecular formula is C16H23NO2S2. The van der Waals surface area contributed by atoms with E-state index >= 15 is 0 Å². The highest BCUT2D eigenvalue weighted by atomic mass is 32.2. The monoisotopic (exact) mass is 325 g/mol. The molecule has 1 aromatic heterocycles. The van der Waals surface area contributed by atoms with Crippen LogP contribution in [0.25, 0.3) is 0 Å². The lowest BCUT2D eigenvalue weighted by atomic mass is 9.83. The third-order valence-corrected chi connectivity index (χ3v) is 7.25. The van der Waals surface area contributed by atoms with E-state index in [4.69, 9.17) is 4.74 Å². The first-order valence-corrected chi connectivity index (χ1v) is 9.69. The van der Waals surface area contributed by atoms with E-state index in [0.717, 1.165) is 43.6 Å². The first-order valence-electron chi connectivity index (χ1n) is 7.66. The van der Waals surface area contributed by atoms with Crippen molar-refractivity contribution in [2.75, 3.05) is 25.2 Å². The van der Waals surface area contributed by atoms with Crippen LogP contribution in [0.2, 0.25) is 0 Å². The molecule has 1 aliphatic carbocycles. The van der Waals surface area contributed by atoms with E-state index in [0.29, 0.717) is 6.54 Å². The average molecular weight is 325 g/mol. The number of carbonyl (C=O) groups is 1. The molecule has 1 aliphatic heterocycles. The largest absolute Gasteiger partial charge is 0.376 e. The summed E-state index contributed by atoms with van der Waals surface area (Å²) in [6.07, 6.45) is 5.29. The van der Waals surface area contributed by atoms with E-state index in [9.17, 15) is 4.79 Å². The molecule has 1 saturated heterocycles. The summed E-state index contributed by atoms with van der Waals surface area (Å²) in [5.41, 5.74) is -0.440. The van der Waals surface area contributed by atoms with Gasteiger partial charge in [-0.15, -0.1) is 11.3 Å². The van der Waals surface area contributed by atoms with Gasteiger partial charge < -0.3 is 10.1 Å². The van der Waals surface area contributed by atoms with Crippen LogP contribution in [0.1, 0.15) is 37.0 Å². The molecule has 2 heterocycles. The summed E-state index contributed by atoms with van der Waals surface area (Å²) < 4.78 is 5.70. The van der Waals surface area contributed by atoms with Gasteiger partial charge in [0.2, 0.25) is 5.91 Å². The normalized spacial score (nSPS) is 27.9. The lowest BCUT2D eigenvalue weighted by Gasteiger charge is -2.31. The molecule has 3 nitrogen and oxygen atoms in total. The molecule has 0 radical (unpaired) electrons. The molecule has 1 unspecified atom stereocenters. The molecule has 116 valence electrons. The highest BCUT2D eigenvalue weighted by Crippen LogP contribution is 2.43. The van der Waals surface area contributed by atoms with Crippen LogP contribution in [-0.4, -0.2) is 36.7 Å².